The van der Waals surface area contributed by atoms with Crippen LogP contribution < -0.4 is 10.6 Å². The molecular weight excluding hydrogens is 382 g/mol. The Balaban J connectivity index is 1.28. The van der Waals surface area contributed by atoms with Gasteiger partial charge in [-0.25, -0.2) is 4.79 Å². The van der Waals surface area contributed by atoms with Gasteiger partial charge in [-0.05, 0) is 23.3 Å². The molecule has 4 rings (SSSR count). The lowest BCUT2D eigenvalue weighted by atomic mass is 9.95. The van der Waals surface area contributed by atoms with Gasteiger partial charge in [0, 0.05) is 44.8 Å². The second-order valence-electron chi connectivity index (χ2n) is 7.69. The first-order valence-electron chi connectivity index (χ1n) is 10.3. The molecule has 1 amide bonds. The fourth-order valence-electron chi connectivity index (χ4n) is 3.95. The number of hydrogen-bond donors (Lipinski definition) is 1. The summed E-state index contributed by atoms with van der Waals surface area (Å²) in [5, 5.41) is 0. The molecule has 2 aromatic carbocycles. The van der Waals surface area contributed by atoms with Crippen LogP contribution in [-0.2, 0) is 20.9 Å². The summed E-state index contributed by atoms with van der Waals surface area (Å²) in [7, 11) is 0. The third kappa shape index (κ3) is 4.57. The minimum Gasteiger partial charge on any atom is -0.461 e. The minimum atomic E-state index is -0.275. The molecule has 7 heteroatoms. The van der Waals surface area contributed by atoms with Crippen molar-refractivity contribution >= 4 is 17.7 Å². The zero-order valence-corrected chi connectivity index (χ0v) is 16.9. The third-order valence-electron chi connectivity index (χ3n) is 5.73. The van der Waals surface area contributed by atoms with Crippen molar-refractivity contribution in [2.45, 2.75) is 25.0 Å². The fraction of sp³-hybridized carbons (Fsp3) is 0.391. The summed E-state index contributed by atoms with van der Waals surface area (Å²) in [5.74, 6) is -0.426. The van der Waals surface area contributed by atoms with Crippen LogP contribution in [0.1, 0.15) is 23.5 Å². The number of cyclic esters (lactones) is 1. The van der Waals surface area contributed by atoms with Crippen LogP contribution >= 0.6 is 0 Å². The van der Waals surface area contributed by atoms with E-state index in [0.29, 0.717) is 26.1 Å². The van der Waals surface area contributed by atoms with Gasteiger partial charge in [0.1, 0.15) is 12.7 Å². The lowest BCUT2D eigenvalue weighted by Gasteiger charge is -2.35. The van der Waals surface area contributed by atoms with Crippen LogP contribution in [0.2, 0.25) is 0 Å². The van der Waals surface area contributed by atoms with Crippen LogP contribution in [0.15, 0.2) is 54.6 Å². The highest BCUT2D eigenvalue weighted by Crippen LogP contribution is 2.31. The fourth-order valence-corrected chi connectivity index (χ4v) is 3.95. The first-order valence-corrected chi connectivity index (χ1v) is 10.3. The van der Waals surface area contributed by atoms with E-state index in [1.807, 2.05) is 54.6 Å². The predicted molar refractivity (Wildman–Crippen MR) is 113 cm³/mol. The van der Waals surface area contributed by atoms with Crippen LogP contribution in [0.4, 0.5) is 10.5 Å². The molecule has 2 aliphatic rings. The molecule has 0 saturated carbocycles. The van der Waals surface area contributed by atoms with E-state index < -0.39 is 0 Å². The molecule has 2 aliphatic heterocycles. The topological polar surface area (TPSA) is 85.1 Å². The Morgan fingerprint density at radius 2 is 1.73 bits per heavy atom. The maximum Gasteiger partial charge on any atom is 0.410 e. The number of ether oxygens (including phenoxy) is 2. The Kier molecular flexibility index (Phi) is 6.18. The van der Waals surface area contributed by atoms with Crippen molar-refractivity contribution in [3.05, 3.63) is 65.7 Å². The van der Waals surface area contributed by atoms with Gasteiger partial charge >= 0.3 is 12.1 Å². The number of rotatable bonds is 5. The van der Waals surface area contributed by atoms with Crippen LogP contribution in [0, 0.1) is 0 Å². The summed E-state index contributed by atoms with van der Waals surface area (Å²) in [6.07, 6.45) is 0.179. The van der Waals surface area contributed by atoms with Crippen molar-refractivity contribution in [2.24, 2.45) is 5.73 Å². The molecule has 158 valence electrons. The Hall–Kier alpha value is -3.06. The monoisotopic (exact) mass is 409 g/mol. The Morgan fingerprint density at radius 3 is 2.37 bits per heavy atom. The average molecular weight is 409 g/mol. The number of piperazine rings is 1. The summed E-state index contributed by atoms with van der Waals surface area (Å²) < 4.78 is 10.7. The number of nitrogens with zero attached hydrogens (tertiary/aromatic N) is 2. The minimum absolute atomic E-state index is 0.183. The number of carbonyl (C=O) groups excluding carboxylic acids is 2. The van der Waals surface area contributed by atoms with E-state index >= 15 is 0 Å². The van der Waals surface area contributed by atoms with Crippen LogP contribution in [0.3, 0.4) is 0 Å². The van der Waals surface area contributed by atoms with E-state index in [-0.39, 0.29) is 30.7 Å². The summed E-state index contributed by atoms with van der Waals surface area (Å²) in [4.78, 5) is 28.3. The normalized spacial score (nSPS) is 21.4. The largest absolute Gasteiger partial charge is 0.461 e. The van der Waals surface area contributed by atoms with Gasteiger partial charge in [-0.3, -0.25) is 4.79 Å². The van der Waals surface area contributed by atoms with Crippen molar-refractivity contribution in [1.82, 2.24) is 4.90 Å². The molecule has 2 saturated heterocycles. The predicted octanol–water partition coefficient (Wildman–Crippen LogP) is 2.50. The number of benzene rings is 2. The Labute approximate surface area is 176 Å². The smallest absolute Gasteiger partial charge is 0.410 e. The summed E-state index contributed by atoms with van der Waals surface area (Å²) in [6, 6.07) is 17.7. The zero-order chi connectivity index (χ0) is 20.9. The van der Waals surface area contributed by atoms with E-state index in [4.69, 9.17) is 15.2 Å². The van der Waals surface area contributed by atoms with E-state index in [0.717, 1.165) is 29.9 Å². The zero-order valence-electron chi connectivity index (χ0n) is 16.9. The number of hydrogen-bond acceptors (Lipinski definition) is 6. The van der Waals surface area contributed by atoms with Gasteiger partial charge in [-0.15, -0.1) is 0 Å². The second-order valence-corrected chi connectivity index (χ2v) is 7.69. The van der Waals surface area contributed by atoms with Crippen LogP contribution in [0.5, 0.6) is 0 Å². The van der Waals surface area contributed by atoms with Crippen LogP contribution in [-0.4, -0.2) is 55.8 Å². The first kappa shape index (κ1) is 20.2. The molecule has 0 bridgehead atoms. The molecular formula is C23H27N3O4. The van der Waals surface area contributed by atoms with E-state index in [1.165, 1.54) is 0 Å². The van der Waals surface area contributed by atoms with Gasteiger partial charge in [0.05, 0.1) is 5.92 Å². The van der Waals surface area contributed by atoms with Crippen molar-refractivity contribution in [2.75, 3.05) is 37.6 Å². The number of anilines is 1. The highest BCUT2D eigenvalue weighted by atomic mass is 16.6. The van der Waals surface area contributed by atoms with Crippen molar-refractivity contribution in [3.63, 3.8) is 0 Å². The van der Waals surface area contributed by atoms with Crippen molar-refractivity contribution in [3.8, 4) is 0 Å². The van der Waals surface area contributed by atoms with Gasteiger partial charge in [0.25, 0.3) is 0 Å². The Bertz CT molecular complexity index is 864. The molecule has 2 heterocycles. The van der Waals surface area contributed by atoms with Crippen molar-refractivity contribution in [1.29, 1.82) is 0 Å². The van der Waals surface area contributed by atoms with E-state index in [9.17, 15) is 9.59 Å². The molecule has 0 aromatic heterocycles. The van der Waals surface area contributed by atoms with Gasteiger partial charge in [-0.1, -0.05) is 42.5 Å². The average Bonchev–Trinajstić information content (AvgIpc) is 3.19. The van der Waals surface area contributed by atoms with E-state index in [1.54, 1.807) is 4.90 Å². The van der Waals surface area contributed by atoms with Gasteiger partial charge in [0.2, 0.25) is 0 Å². The number of nitrogens with two attached hydrogens (primary N) is 1. The maximum atomic E-state index is 12.3. The molecule has 0 radical (unpaired) electrons. The SMILES string of the molecule is NC[C@H]1CC(c2ccc(N3CCN(C(=O)OCc4ccccc4)CC3)cc2)C(=O)O1. The second kappa shape index (κ2) is 9.17. The van der Waals surface area contributed by atoms with Gasteiger partial charge < -0.3 is 25.0 Å². The molecule has 7 nitrogen and oxygen atoms in total. The molecule has 0 aliphatic carbocycles. The number of esters is 1. The summed E-state index contributed by atoms with van der Waals surface area (Å²) in [6.45, 7) is 3.35. The van der Waals surface area contributed by atoms with E-state index in [2.05, 4.69) is 4.90 Å². The molecule has 2 aromatic rings. The molecule has 30 heavy (non-hydrogen) atoms. The third-order valence-corrected chi connectivity index (χ3v) is 5.73. The number of carbonyl (C=O) groups is 2. The molecule has 2 fully saturated rings. The summed E-state index contributed by atoms with van der Waals surface area (Å²) >= 11 is 0. The number of amides is 1. The highest BCUT2D eigenvalue weighted by molar-refractivity contribution is 5.80. The summed E-state index contributed by atoms with van der Waals surface area (Å²) in [5.41, 5.74) is 8.64. The molecule has 1 unspecified atom stereocenters. The quantitative estimate of drug-likeness (QED) is 0.764. The maximum absolute atomic E-state index is 12.3. The van der Waals surface area contributed by atoms with Crippen molar-refractivity contribution < 1.29 is 19.1 Å². The lowest BCUT2D eigenvalue weighted by molar-refractivity contribution is -0.142. The first-order chi connectivity index (χ1) is 14.6. The molecule has 0 spiro atoms. The molecule has 2 atom stereocenters. The lowest BCUT2D eigenvalue weighted by Crippen LogP contribution is -2.48. The Morgan fingerprint density at radius 1 is 1.03 bits per heavy atom. The molecule has 2 N–H and O–H groups in total. The van der Waals surface area contributed by atoms with Crippen LogP contribution in [0.25, 0.3) is 0 Å². The van der Waals surface area contributed by atoms with Gasteiger partial charge in [-0.2, -0.15) is 0 Å². The highest BCUT2D eigenvalue weighted by Gasteiger charge is 2.34. The standard InChI is InChI=1S/C23H27N3O4/c24-15-20-14-21(22(27)30-20)18-6-8-19(9-7-18)25-10-12-26(13-11-25)23(28)29-16-17-4-2-1-3-5-17/h1-9,20-21H,10-16,24H2/t20-,21?/m1/s1. The van der Waals surface area contributed by atoms with Gasteiger partial charge in [0.15, 0.2) is 0 Å².